The van der Waals surface area contributed by atoms with Gasteiger partial charge in [-0.1, -0.05) is 30.3 Å². The molecule has 4 rings (SSSR count). The van der Waals surface area contributed by atoms with Crippen LogP contribution in [0.1, 0.15) is 5.56 Å². The molecule has 3 aromatic heterocycles. The molecule has 0 unspecified atom stereocenters. The predicted octanol–water partition coefficient (Wildman–Crippen LogP) is 0.317. The third kappa shape index (κ3) is 3.35. The van der Waals surface area contributed by atoms with Crippen molar-refractivity contribution in [2.45, 2.75) is 13.1 Å². The van der Waals surface area contributed by atoms with Gasteiger partial charge in [0.05, 0.1) is 19.1 Å². The standard InChI is InChI=1S/C19H19N7O3/c1-23-17-16(18(28)24(2)19(23)29)25(12-20-17)11-15(27)22-14-8-9-21-26(14)10-13-6-4-3-5-7-13/h3-9,12H,10-11H2,1-2H3,(H,22,27). The van der Waals surface area contributed by atoms with E-state index in [-0.39, 0.29) is 23.6 Å². The maximum absolute atomic E-state index is 12.6. The van der Waals surface area contributed by atoms with Gasteiger partial charge in [-0.25, -0.2) is 14.5 Å². The van der Waals surface area contributed by atoms with Gasteiger partial charge in [-0.3, -0.25) is 18.7 Å². The number of nitrogens with one attached hydrogen (secondary N) is 1. The highest BCUT2D eigenvalue weighted by atomic mass is 16.2. The van der Waals surface area contributed by atoms with Crippen molar-refractivity contribution in [1.82, 2.24) is 28.5 Å². The second-order valence-corrected chi connectivity index (χ2v) is 6.66. The zero-order valence-electron chi connectivity index (χ0n) is 15.9. The maximum atomic E-state index is 12.6. The molecule has 3 heterocycles. The molecule has 29 heavy (non-hydrogen) atoms. The van der Waals surface area contributed by atoms with Crippen LogP contribution in [0.4, 0.5) is 5.82 Å². The number of anilines is 1. The molecule has 1 N–H and O–H groups in total. The van der Waals surface area contributed by atoms with E-state index < -0.39 is 11.2 Å². The fraction of sp³-hybridized carbons (Fsp3) is 0.211. The zero-order chi connectivity index (χ0) is 20.5. The molecule has 0 bridgehead atoms. The zero-order valence-corrected chi connectivity index (χ0v) is 15.9. The Morgan fingerprint density at radius 2 is 1.83 bits per heavy atom. The summed E-state index contributed by atoms with van der Waals surface area (Å²) in [5.41, 5.74) is 0.517. The van der Waals surface area contributed by atoms with Gasteiger partial charge in [-0.15, -0.1) is 0 Å². The molecule has 0 aliphatic carbocycles. The number of benzene rings is 1. The van der Waals surface area contributed by atoms with E-state index in [1.807, 2.05) is 30.3 Å². The van der Waals surface area contributed by atoms with E-state index in [4.69, 9.17) is 0 Å². The molecule has 0 atom stereocenters. The molecule has 0 spiro atoms. The van der Waals surface area contributed by atoms with Gasteiger partial charge < -0.3 is 9.88 Å². The van der Waals surface area contributed by atoms with Crippen molar-refractivity contribution in [2.75, 3.05) is 5.32 Å². The second-order valence-electron chi connectivity index (χ2n) is 6.66. The molecule has 1 aromatic carbocycles. The number of hydrogen-bond acceptors (Lipinski definition) is 5. The summed E-state index contributed by atoms with van der Waals surface area (Å²) in [6.45, 7) is 0.389. The monoisotopic (exact) mass is 393 g/mol. The van der Waals surface area contributed by atoms with E-state index in [1.165, 1.54) is 29.6 Å². The molecule has 0 fully saturated rings. The number of fused-ring (bicyclic) bond motifs is 1. The minimum Gasteiger partial charge on any atom is -0.315 e. The molecule has 4 aromatic rings. The first-order chi connectivity index (χ1) is 14.0. The van der Waals surface area contributed by atoms with Crippen LogP contribution in [0.25, 0.3) is 11.2 Å². The smallest absolute Gasteiger partial charge is 0.315 e. The van der Waals surface area contributed by atoms with Crippen LogP contribution in [-0.4, -0.2) is 34.4 Å². The van der Waals surface area contributed by atoms with Crippen LogP contribution in [0, 0.1) is 0 Å². The summed E-state index contributed by atoms with van der Waals surface area (Å²) in [5.74, 6) is 0.207. The van der Waals surface area contributed by atoms with Crippen LogP contribution < -0.4 is 16.6 Å². The van der Waals surface area contributed by atoms with E-state index in [0.717, 1.165) is 10.1 Å². The molecule has 0 aliphatic rings. The molecule has 10 nitrogen and oxygen atoms in total. The van der Waals surface area contributed by atoms with Crippen molar-refractivity contribution < 1.29 is 4.79 Å². The van der Waals surface area contributed by atoms with Gasteiger partial charge in [0.25, 0.3) is 5.56 Å². The van der Waals surface area contributed by atoms with Crippen molar-refractivity contribution in [3.63, 3.8) is 0 Å². The number of amides is 1. The molecule has 0 aliphatic heterocycles. The minimum absolute atomic E-state index is 0.125. The summed E-state index contributed by atoms with van der Waals surface area (Å²) < 4.78 is 5.39. The summed E-state index contributed by atoms with van der Waals surface area (Å²) in [7, 11) is 2.92. The Morgan fingerprint density at radius 3 is 2.59 bits per heavy atom. The first kappa shape index (κ1) is 18.4. The third-order valence-corrected chi connectivity index (χ3v) is 4.69. The number of carbonyl (C=O) groups excluding carboxylic acids is 1. The number of hydrogen-bond donors (Lipinski definition) is 1. The summed E-state index contributed by atoms with van der Waals surface area (Å²) >= 11 is 0. The predicted molar refractivity (Wildman–Crippen MR) is 107 cm³/mol. The van der Waals surface area contributed by atoms with Gasteiger partial charge in [0, 0.05) is 20.2 Å². The Hall–Kier alpha value is -3.95. The second kappa shape index (κ2) is 7.23. The molecular weight excluding hydrogens is 374 g/mol. The average Bonchev–Trinajstić information content (AvgIpc) is 3.32. The Kier molecular flexibility index (Phi) is 4.59. The first-order valence-corrected chi connectivity index (χ1v) is 8.92. The number of carbonyl (C=O) groups is 1. The van der Waals surface area contributed by atoms with Crippen LogP contribution >= 0.6 is 0 Å². The summed E-state index contributed by atoms with van der Waals surface area (Å²) in [6.07, 6.45) is 2.99. The molecule has 10 heteroatoms. The first-order valence-electron chi connectivity index (χ1n) is 8.92. The lowest BCUT2D eigenvalue weighted by Gasteiger charge is -2.10. The van der Waals surface area contributed by atoms with Crippen LogP contribution in [0.3, 0.4) is 0 Å². The molecular formula is C19H19N7O3. The Balaban J connectivity index is 1.57. The third-order valence-electron chi connectivity index (χ3n) is 4.69. The highest BCUT2D eigenvalue weighted by Gasteiger charge is 2.16. The van der Waals surface area contributed by atoms with Gasteiger partial charge in [-0.2, -0.15) is 5.10 Å². The fourth-order valence-corrected chi connectivity index (χ4v) is 3.18. The Morgan fingerprint density at radius 1 is 1.07 bits per heavy atom. The number of nitrogens with zero attached hydrogens (tertiary/aromatic N) is 6. The van der Waals surface area contributed by atoms with Crippen molar-refractivity contribution >= 4 is 22.9 Å². The van der Waals surface area contributed by atoms with E-state index in [0.29, 0.717) is 12.4 Å². The number of imidazole rings is 1. The lowest BCUT2D eigenvalue weighted by Crippen LogP contribution is -2.37. The lowest BCUT2D eigenvalue weighted by molar-refractivity contribution is -0.116. The van der Waals surface area contributed by atoms with Crippen LogP contribution in [0.2, 0.25) is 0 Å². The average molecular weight is 393 g/mol. The number of rotatable bonds is 5. The van der Waals surface area contributed by atoms with Gasteiger partial charge in [0.15, 0.2) is 11.2 Å². The highest BCUT2D eigenvalue weighted by molar-refractivity contribution is 5.90. The largest absolute Gasteiger partial charge is 0.332 e. The Bertz CT molecular complexity index is 1310. The minimum atomic E-state index is -0.498. The topological polar surface area (TPSA) is 109 Å². The van der Waals surface area contributed by atoms with E-state index in [1.54, 1.807) is 16.9 Å². The normalized spacial score (nSPS) is 11.1. The van der Waals surface area contributed by atoms with Crippen LogP contribution in [0.15, 0.2) is 58.5 Å². The number of aryl methyl sites for hydroxylation is 1. The van der Waals surface area contributed by atoms with Gasteiger partial charge in [0.1, 0.15) is 12.4 Å². The summed E-state index contributed by atoms with van der Waals surface area (Å²) in [4.78, 5) is 41.2. The summed E-state index contributed by atoms with van der Waals surface area (Å²) in [6, 6.07) is 11.5. The number of aromatic nitrogens is 6. The molecule has 0 radical (unpaired) electrons. The molecule has 0 saturated carbocycles. The van der Waals surface area contributed by atoms with Crippen molar-refractivity contribution in [1.29, 1.82) is 0 Å². The van der Waals surface area contributed by atoms with Gasteiger partial charge in [-0.05, 0) is 5.56 Å². The maximum Gasteiger partial charge on any atom is 0.332 e. The van der Waals surface area contributed by atoms with Crippen molar-refractivity contribution in [2.24, 2.45) is 14.1 Å². The van der Waals surface area contributed by atoms with E-state index >= 15 is 0 Å². The lowest BCUT2D eigenvalue weighted by atomic mass is 10.2. The van der Waals surface area contributed by atoms with Crippen molar-refractivity contribution in [3.8, 4) is 0 Å². The summed E-state index contributed by atoms with van der Waals surface area (Å²) in [5, 5.41) is 7.06. The highest BCUT2D eigenvalue weighted by Crippen LogP contribution is 2.11. The Labute approximate surface area is 164 Å². The van der Waals surface area contributed by atoms with E-state index in [9.17, 15) is 14.4 Å². The fourth-order valence-electron chi connectivity index (χ4n) is 3.18. The molecule has 148 valence electrons. The van der Waals surface area contributed by atoms with Gasteiger partial charge in [0.2, 0.25) is 5.91 Å². The quantitative estimate of drug-likeness (QED) is 0.525. The van der Waals surface area contributed by atoms with Crippen molar-refractivity contribution in [3.05, 3.63) is 75.3 Å². The van der Waals surface area contributed by atoms with Crippen LogP contribution in [0.5, 0.6) is 0 Å². The SMILES string of the molecule is Cn1c(=O)c2c(ncn2CC(=O)Nc2ccnn2Cc2ccccc2)n(C)c1=O. The van der Waals surface area contributed by atoms with E-state index in [2.05, 4.69) is 15.4 Å². The molecule has 0 saturated heterocycles. The van der Waals surface area contributed by atoms with Crippen LogP contribution in [-0.2, 0) is 32.0 Å². The molecule has 1 amide bonds. The van der Waals surface area contributed by atoms with Gasteiger partial charge >= 0.3 is 5.69 Å².